The van der Waals surface area contributed by atoms with Gasteiger partial charge >= 0.3 is 5.69 Å². The molecule has 10 nitrogen and oxygen atoms in total. The maximum Gasteiger partial charge on any atom is 0.333 e. The van der Waals surface area contributed by atoms with Gasteiger partial charge in [-0.15, -0.1) is 0 Å². The minimum atomic E-state index is -0.603. The Morgan fingerprint density at radius 3 is 2.49 bits per heavy atom. The van der Waals surface area contributed by atoms with Crippen LogP contribution in [0.4, 0.5) is 22.7 Å². The number of pyridine rings is 1. The number of rotatable bonds is 5. The summed E-state index contributed by atoms with van der Waals surface area (Å²) in [5.74, 6) is 6.73. The number of anilines is 4. The van der Waals surface area contributed by atoms with Crippen molar-refractivity contribution in [3.05, 3.63) is 105 Å². The first-order valence-electron chi connectivity index (χ1n) is 13.4. The van der Waals surface area contributed by atoms with Crippen LogP contribution in [0, 0.1) is 13.8 Å². The molecule has 0 amide bonds. The second-order valence-corrected chi connectivity index (χ2v) is 10.2. The van der Waals surface area contributed by atoms with Crippen LogP contribution in [0.25, 0.3) is 27.7 Å². The van der Waals surface area contributed by atoms with Crippen molar-refractivity contribution in [1.82, 2.24) is 14.5 Å². The maximum absolute atomic E-state index is 14.4. The summed E-state index contributed by atoms with van der Waals surface area (Å²) in [6.45, 7) is 6.77. The SMILES string of the molecule is Cc1ccc(-c2[nH]c(=O)n(-c3cncc4ccccc34)c(=O)c2N(N)c2ccc(N3CCOCC3)cc2N)cc1C. The van der Waals surface area contributed by atoms with Gasteiger partial charge in [0.05, 0.1) is 42.2 Å². The van der Waals surface area contributed by atoms with Crippen molar-refractivity contribution < 1.29 is 4.74 Å². The molecule has 3 aromatic carbocycles. The average molecular weight is 550 g/mol. The number of H-pyrrole nitrogens is 1. The molecule has 10 heteroatoms. The van der Waals surface area contributed by atoms with E-state index in [1.54, 1.807) is 12.3 Å². The van der Waals surface area contributed by atoms with Gasteiger partial charge in [0.25, 0.3) is 5.56 Å². The van der Waals surface area contributed by atoms with E-state index in [0.717, 1.165) is 39.9 Å². The Labute approximate surface area is 236 Å². The first kappa shape index (κ1) is 26.3. The number of hydrazine groups is 1. The lowest BCUT2D eigenvalue weighted by Crippen LogP contribution is -2.41. The topological polar surface area (TPSA) is 136 Å². The van der Waals surface area contributed by atoms with E-state index in [1.165, 1.54) is 11.2 Å². The standard InChI is InChI=1S/C31H31N7O3/c1-19-7-8-21(15-20(19)2)28-29(38(33)26-10-9-23(16-25(26)32)36-11-13-41-14-12-36)30(39)37(31(40)35-28)27-18-34-17-22-5-3-4-6-24(22)27/h3-10,15-18H,11-14,32-33H2,1-2H3,(H,35,40). The molecule has 1 fully saturated rings. The molecule has 208 valence electrons. The summed E-state index contributed by atoms with van der Waals surface area (Å²) >= 11 is 0. The van der Waals surface area contributed by atoms with E-state index in [4.69, 9.17) is 16.3 Å². The number of hydrogen-bond acceptors (Lipinski definition) is 8. The number of nitrogens with one attached hydrogen (secondary N) is 1. The van der Waals surface area contributed by atoms with Crippen molar-refractivity contribution in [2.45, 2.75) is 13.8 Å². The highest BCUT2D eigenvalue weighted by atomic mass is 16.5. The van der Waals surface area contributed by atoms with Crippen LogP contribution in [0.5, 0.6) is 0 Å². The number of aryl methyl sites for hydroxylation is 2. The predicted octanol–water partition coefficient (Wildman–Crippen LogP) is 3.79. The third-order valence-corrected chi connectivity index (χ3v) is 7.65. The smallest absolute Gasteiger partial charge is 0.333 e. The largest absolute Gasteiger partial charge is 0.397 e. The number of fused-ring (bicyclic) bond motifs is 1. The van der Waals surface area contributed by atoms with Crippen molar-refractivity contribution >= 4 is 33.5 Å². The lowest BCUT2D eigenvalue weighted by atomic mass is 10.0. The highest BCUT2D eigenvalue weighted by Gasteiger charge is 2.24. The summed E-state index contributed by atoms with van der Waals surface area (Å²) in [7, 11) is 0. The molecule has 3 heterocycles. The van der Waals surface area contributed by atoms with Gasteiger partial charge in [-0.3, -0.25) is 14.8 Å². The van der Waals surface area contributed by atoms with Crippen LogP contribution in [0.15, 0.2) is 82.6 Å². The molecule has 1 saturated heterocycles. The number of benzene rings is 3. The van der Waals surface area contributed by atoms with Gasteiger partial charge in [0, 0.05) is 41.3 Å². The molecule has 41 heavy (non-hydrogen) atoms. The minimum absolute atomic E-state index is 0.0756. The molecular formula is C31H31N7O3. The number of aromatic nitrogens is 3. The zero-order chi connectivity index (χ0) is 28.7. The van der Waals surface area contributed by atoms with Gasteiger partial charge in [-0.2, -0.15) is 0 Å². The monoisotopic (exact) mass is 549 g/mol. The summed E-state index contributed by atoms with van der Waals surface area (Å²) in [6, 6.07) is 18.7. The highest BCUT2D eigenvalue weighted by Crippen LogP contribution is 2.34. The summed E-state index contributed by atoms with van der Waals surface area (Å²) in [5.41, 5.74) is 10.6. The van der Waals surface area contributed by atoms with Gasteiger partial charge < -0.3 is 20.4 Å². The second kappa shape index (κ2) is 10.6. The Morgan fingerprint density at radius 2 is 1.73 bits per heavy atom. The van der Waals surface area contributed by atoms with E-state index in [-0.39, 0.29) is 5.69 Å². The highest BCUT2D eigenvalue weighted by molar-refractivity contribution is 5.90. The van der Waals surface area contributed by atoms with Crippen LogP contribution in [-0.2, 0) is 4.74 Å². The summed E-state index contributed by atoms with van der Waals surface area (Å²) < 4.78 is 6.54. The number of aromatic amines is 1. The molecule has 0 atom stereocenters. The van der Waals surface area contributed by atoms with Crippen molar-refractivity contribution in [3.63, 3.8) is 0 Å². The van der Waals surface area contributed by atoms with Gasteiger partial charge in [0.1, 0.15) is 5.69 Å². The fraction of sp³-hybridized carbons (Fsp3) is 0.194. The molecule has 6 rings (SSSR count). The molecule has 1 aliphatic heterocycles. The van der Waals surface area contributed by atoms with Crippen LogP contribution in [0.2, 0.25) is 0 Å². The number of nitrogens with zero attached hydrogens (tertiary/aromatic N) is 4. The van der Waals surface area contributed by atoms with Crippen molar-refractivity contribution in [3.8, 4) is 16.9 Å². The Morgan fingerprint density at radius 1 is 0.951 bits per heavy atom. The second-order valence-electron chi connectivity index (χ2n) is 10.2. The molecule has 0 aliphatic carbocycles. The third-order valence-electron chi connectivity index (χ3n) is 7.65. The molecular weight excluding hydrogens is 518 g/mol. The lowest BCUT2D eigenvalue weighted by Gasteiger charge is -2.30. The van der Waals surface area contributed by atoms with Crippen LogP contribution in [-0.4, -0.2) is 40.8 Å². The van der Waals surface area contributed by atoms with Crippen LogP contribution >= 0.6 is 0 Å². The summed E-state index contributed by atoms with van der Waals surface area (Å²) in [5, 5.41) is 2.76. The molecule has 0 unspecified atom stereocenters. The fourth-order valence-electron chi connectivity index (χ4n) is 5.25. The lowest BCUT2D eigenvalue weighted by molar-refractivity contribution is 0.122. The van der Waals surface area contributed by atoms with E-state index < -0.39 is 11.2 Å². The van der Waals surface area contributed by atoms with E-state index in [1.807, 2.05) is 68.4 Å². The van der Waals surface area contributed by atoms with Crippen molar-refractivity contribution in [2.24, 2.45) is 5.84 Å². The van der Waals surface area contributed by atoms with E-state index in [2.05, 4.69) is 14.9 Å². The van der Waals surface area contributed by atoms with Gasteiger partial charge in [-0.05, 0) is 49.2 Å². The Kier molecular flexibility index (Phi) is 6.78. The first-order valence-corrected chi connectivity index (χ1v) is 13.4. The number of hydrogen-bond donors (Lipinski definition) is 3. The zero-order valence-electron chi connectivity index (χ0n) is 22.9. The normalized spacial score (nSPS) is 13.5. The van der Waals surface area contributed by atoms with Gasteiger partial charge in [0.2, 0.25) is 0 Å². The Balaban J connectivity index is 1.57. The molecule has 5 aromatic rings. The Hall–Kier alpha value is -4.93. The third kappa shape index (κ3) is 4.73. The first-order chi connectivity index (χ1) is 19.8. The van der Waals surface area contributed by atoms with Crippen LogP contribution in [0.3, 0.4) is 0 Å². The van der Waals surface area contributed by atoms with Crippen LogP contribution < -0.4 is 32.7 Å². The molecule has 5 N–H and O–H groups in total. The van der Waals surface area contributed by atoms with Crippen LogP contribution in [0.1, 0.15) is 11.1 Å². The number of ether oxygens (including phenoxy) is 1. The number of morpholine rings is 1. The average Bonchev–Trinajstić information content (AvgIpc) is 2.98. The van der Waals surface area contributed by atoms with Gasteiger partial charge in [0.15, 0.2) is 0 Å². The minimum Gasteiger partial charge on any atom is -0.397 e. The number of nitrogens with two attached hydrogens (primary N) is 2. The van der Waals surface area contributed by atoms with E-state index in [0.29, 0.717) is 46.9 Å². The molecule has 2 aromatic heterocycles. The van der Waals surface area contributed by atoms with E-state index >= 15 is 0 Å². The fourth-order valence-corrected chi connectivity index (χ4v) is 5.25. The quantitative estimate of drug-likeness (QED) is 0.171. The van der Waals surface area contributed by atoms with Gasteiger partial charge in [-0.1, -0.05) is 36.4 Å². The molecule has 0 radical (unpaired) electrons. The zero-order valence-corrected chi connectivity index (χ0v) is 22.9. The number of nitrogen functional groups attached to an aromatic ring is 1. The molecule has 0 spiro atoms. The van der Waals surface area contributed by atoms with Crippen molar-refractivity contribution in [1.29, 1.82) is 0 Å². The predicted molar refractivity (Wildman–Crippen MR) is 163 cm³/mol. The summed E-state index contributed by atoms with van der Waals surface area (Å²) in [4.78, 5) is 37.4. The summed E-state index contributed by atoms with van der Waals surface area (Å²) in [6.07, 6.45) is 3.19. The molecule has 1 aliphatic rings. The Bertz CT molecular complexity index is 1880. The van der Waals surface area contributed by atoms with Gasteiger partial charge in [-0.25, -0.2) is 15.2 Å². The molecule has 0 bridgehead atoms. The van der Waals surface area contributed by atoms with E-state index in [9.17, 15) is 9.59 Å². The van der Waals surface area contributed by atoms with Crippen molar-refractivity contribution in [2.75, 3.05) is 41.9 Å². The molecule has 0 saturated carbocycles. The maximum atomic E-state index is 14.4.